The van der Waals surface area contributed by atoms with E-state index in [-0.39, 0.29) is 0 Å². The zero-order valence-corrected chi connectivity index (χ0v) is 11.8. The Hall–Kier alpha value is -2.02. The third kappa shape index (κ3) is 3.74. The van der Waals surface area contributed by atoms with Crippen LogP contribution in [0.5, 0.6) is 0 Å². The van der Waals surface area contributed by atoms with Crippen LogP contribution in [0.3, 0.4) is 0 Å². The summed E-state index contributed by atoms with van der Waals surface area (Å²) < 4.78 is 0. The average molecular weight is 286 g/mol. The van der Waals surface area contributed by atoms with E-state index in [1.165, 1.54) is 5.56 Å². The van der Waals surface area contributed by atoms with E-state index < -0.39 is 0 Å². The number of nitrogens with one attached hydrogen (secondary N) is 1. The molecule has 0 heterocycles. The Morgan fingerprint density at radius 3 is 2.45 bits per heavy atom. The molecule has 2 aromatic carbocycles. The van der Waals surface area contributed by atoms with Crippen LogP contribution in [-0.4, -0.2) is 6.54 Å². The number of halogens is 1. The molecule has 102 valence electrons. The molecule has 0 bridgehead atoms. The SMILES string of the molecule is N#Cc1cc(Cl)ccc1NCc1ccc(CCN)cc1. The summed E-state index contributed by atoms with van der Waals surface area (Å²) in [5.41, 5.74) is 9.26. The van der Waals surface area contributed by atoms with Gasteiger partial charge in [0, 0.05) is 11.6 Å². The second kappa shape index (κ2) is 6.95. The summed E-state index contributed by atoms with van der Waals surface area (Å²) in [5.74, 6) is 0. The summed E-state index contributed by atoms with van der Waals surface area (Å²) in [6.45, 7) is 1.33. The van der Waals surface area contributed by atoms with Gasteiger partial charge in [0.05, 0.1) is 11.3 Å². The van der Waals surface area contributed by atoms with Crippen molar-refractivity contribution in [2.75, 3.05) is 11.9 Å². The largest absolute Gasteiger partial charge is 0.380 e. The second-order valence-electron chi connectivity index (χ2n) is 4.51. The highest BCUT2D eigenvalue weighted by Gasteiger charge is 2.02. The summed E-state index contributed by atoms with van der Waals surface area (Å²) >= 11 is 5.87. The third-order valence-corrected chi connectivity index (χ3v) is 3.28. The van der Waals surface area contributed by atoms with Crippen LogP contribution in [0.1, 0.15) is 16.7 Å². The molecular weight excluding hydrogens is 270 g/mol. The van der Waals surface area contributed by atoms with Gasteiger partial charge in [0.1, 0.15) is 6.07 Å². The van der Waals surface area contributed by atoms with E-state index >= 15 is 0 Å². The van der Waals surface area contributed by atoms with Crippen LogP contribution in [0.15, 0.2) is 42.5 Å². The quantitative estimate of drug-likeness (QED) is 0.886. The Kier molecular flexibility index (Phi) is 5.00. The van der Waals surface area contributed by atoms with E-state index in [4.69, 9.17) is 22.6 Å². The maximum Gasteiger partial charge on any atom is 0.101 e. The van der Waals surface area contributed by atoms with E-state index in [0.717, 1.165) is 17.7 Å². The van der Waals surface area contributed by atoms with Crippen LogP contribution in [0.2, 0.25) is 5.02 Å². The first-order chi connectivity index (χ1) is 9.72. The van der Waals surface area contributed by atoms with Crippen molar-refractivity contribution in [1.82, 2.24) is 0 Å². The molecule has 0 fully saturated rings. The fourth-order valence-electron chi connectivity index (χ4n) is 1.95. The average Bonchev–Trinajstić information content (AvgIpc) is 2.47. The van der Waals surface area contributed by atoms with Gasteiger partial charge in [0.15, 0.2) is 0 Å². The minimum atomic E-state index is 0.553. The molecule has 20 heavy (non-hydrogen) atoms. The van der Waals surface area contributed by atoms with Crippen molar-refractivity contribution in [3.63, 3.8) is 0 Å². The molecule has 0 unspecified atom stereocenters. The van der Waals surface area contributed by atoms with Gasteiger partial charge in [-0.2, -0.15) is 5.26 Å². The first-order valence-corrected chi connectivity index (χ1v) is 6.82. The molecule has 0 amide bonds. The monoisotopic (exact) mass is 285 g/mol. The van der Waals surface area contributed by atoms with Gasteiger partial charge in [-0.25, -0.2) is 0 Å². The van der Waals surface area contributed by atoms with E-state index in [1.54, 1.807) is 12.1 Å². The second-order valence-corrected chi connectivity index (χ2v) is 4.95. The number of nitrogens with zero attached hydrogens (tertiary/aromatic N) is 1. The number of rotatable bonds is 5. The molecule has 0 saturated heterocycles. The zero-order chi connectivity index (χ0) is 14.4. The summed E-state index contributed by atoms with van der Waals surface area (Å²) in [6.07, 6.45) is 0.892. The molecule has 0 spiro atoms. The first kappa shape index (κ1) is 14.4. The lowest BCUT2D eigenvalue weighted by atomic mass is 10.1. The number of benzene rings is 2. The standard InChI is InChI=1S/C16H16ClN3/c17-15-5-6-16(14(9-15)10-19)20-11-13-3-1-12(2-4-13)7-8-18/h1-6,9,20H,7-8,11,18H2. The predicted molar refractivity (Wildman–Crippen MR) is 82.7 cm³/mol. The molecule has 3 N–H and O–H groups in total. The zero-order valence-electron chi connectivity index (χ0n) is 11.1. The highest BCUT2D eigenvalue weighted by molar-refractivity contribution is 6.30. The summed E-state index contributed by atoms with van der Waals surface area (Å²) in [7, 11) is 0. The molecule has 0 aliphatic rings. The van der Waals surface area contributed by atoms with Crippen LogP contribution in [0.4, 0.5) is 5.69 Å². The normalized spacial score (nSPS) is 10.1. The highest BCUT2D eigenvalue weighted by Crippen LogP contribution is 2.20. The summed E-state index contributed by atoms with van der Waals surface area (Å²) in [6, 6.07) is 15.7. The molecule has 0 aliphatic carbocycles. The van der Waals surface area contributed by atoms with Crippen molar-refractivity contribution >= 4 is 17.3 Å². The van der Waals surface area contributed by atoms with Gasteiger partial charge in [0.2, 0.25) is 0 Å². The Bertz CT molecular complexity index is 615. The van der Waals surface area contributed by atoms with Crippen LogP contribution < -0.4 is 11.1 Å². The maximum atomic E-state index is 9.08. The van der Waals surface area contributed by atoms with Crippen molar-refractivity contribution in [2.45, 2.75) is 13.0 Å². The van der Waals surface area contributed by atoms with Gasteiger partial charge in [0.25, 0.3) is 0 Å². The predicted octanol–water partition coefficient (Wildman–Crippen LogP) is 3.32. The van der Waals surface area contributed by atoms with Crippen molar-refractivity contribution in [3.05, 3.63) is 64.2 Å². The molecule has 0 aliphatic heterocycles. The minimum Gasteiger partial charge on any atom is -0.380 e. The Morgan fingerprint density at radius 1 is 1.10 bits per heavy atom. The molecule has 2 rings (SSSR count). The lowest BCUT2D eigenvalue weighted by Crippen LogP contribution is -2.04. The molecule has 3 nitrogen and oxygen atoms in total. The van der Waals surface area contributed by atoms with E-state index in [2.05, 4.69) is 35.7 Å². The molecular formula is C16H16ClN3. The number of anilines is 1. The number of nitriles is 1. The fourth-order valence-corrected chi connectivity index (χ4v) is 2.12. The Balaban J connectivity index is 2.03. The fraction of sp³-hybridized carbons (Fsp3) is 0.188. The third-order valence-electron chi connectivity index (χ3n) is 3.04. The Morgan fingerprint density at radius 2 is 1.80 bits per heavy atom. The van der Waals surface area contributed by atoms with E-state index in [1.807, 2.05) is 6.07 Å². The van der Waals surface area contributed by atoms with Gasteiger partial charge in [-0.3, -0.25) is 0 Å². The molecule has 4 heteroatoms. The maximum absolute atomic E-state index is 9.08. The van der Waals surface area contributed by atoms with Crippen molar-refractivity contribution in [2.24, 2.45) is 5.73 Å². The van der Waals surface area contributed by atoms with Gasteiger partial charge in [-0.1, -0.05) is 35.9 Å². The topological polar surface area (TPSA) is 61.8 Å². The van der Waals surface area contributed by atoms with E-state index in [9.17, 15) is 0 Å². The van der Waals surface area contributed by atoms with Crippen LogP contribution in [0, 0.1) is 11.3 Å². The smallest absolute Gasteiger partial charge is 0.101 e. The van der Waals surface area contributed by atoms with Crippen LogP contribution in [0.25, 0.3) is 0 Å². The molecule has 0 atom stereocenters. The lowest BCUT2D eigenvalue weighted by molar-refractivity contribution is 0.966. The highest BCUT2D eigenvalue weighted by atomic mass is 35.5. The van der Waals surface area contributed by atoms with Gasteiger partial charge in [-0.15, -0.1) is 0 Å². The molecule has 0 saturated carbocycles. The number of nitrogens with two attached hydrogens (primary N) is 1. The number of hydrogen-bond acceptors (Lipinski definition) is 3. The molecule has 0 aromatic heterocycles. The van der Waals surface area contributed by atoms with Crippen molar-refractivity contribution in [3.8, 4) is 6.07 Å². The summed E-state index contributed by atoms with van der Waals surface area (Å²) in [5, 5.41) is 12.9. The summed E-state index contributed by atoms with van der Waals surface area (Å²) in [4.78, 5) is 0. The van der Waals surface area contributed by atoms with E-state index in [0.29, 0.717) is 23.7 Å². The van der Waals surface area contributed by atoms with Gasteiger partial charge in [-0.05, 0) is 42.3 Å². The number of hydrogen-bond donors (Lipinski definition) is 2. The van der Waals surface area contributed by atoms with Gasteiger partial charge >= 0.3 is 0 Å². The van der Waals surface area contributed by atoms with Crippen molar-refractivity contribution < 1.29 is 0 Å². The minimum absolute atomic E-state index is 0.553. The molecule has 0 radical (unpaired) electrons. The lowest BCUT2D eigenvalue weighted by Gasteiger charge is -2.09. The van der Waals surface area contributed by atoms with Crippen molar-refractivity contribution in [1.29, 1.82) is 5.26 Å². The van der Waals surface area contributed by atoms with Crippen LogP contribution in [-0.2, 0) is 13.0 Å². The Labute approximate surface area is 124 Å². The van der Waals surface area contributed by atoms with Gasteiger partial charge < -0.3 is 11.1 Å². The first-order valence-electron chi connectivity index (χ1n) is 6.44. The molecule has 2 aromatic rings. The van der Waals surface area contributed by atoms with Crippen LogP contribution >= 0.6 is 11.6 Å².